The lowest BCUT2D eigenvalue weighted by molar-refractivity contribution is -0.135. The van der Waals surface area contributed by atoms with Gasteiger partial charge in [-0.3, -0.25) is 4.79 Å². The molecule has 0 fully saturated rings. The summed E-state index contributed by atoms with van der Waals surface area (Å²) < 4.78 is 4.27. The first kappa shape index (κ1) is 9.74. The summed E-state index contributed by atoms with van der Waals surface area (Å²) in [5.41, 5.74) is 0.163. The summed E-state index contributed by atoms with van der Waals surface area (Å²) in [7, 11) is 1.15. The second kappa shape index (κ2) is 4.05. The molecule has 1 aromatic carbocycles. The van der Waals surface area contributed by atoms with Crippen molar-refractivity contribution in [2.45, 2.75) is 0 Å². The Balaban J connectivity index is 3.02. The number of carbonyl (C=O) groups is 2. The smallest absolute Gasteiger partial charge is 0.379 e. The van der Waals surface area contributed by atoms with E-state index in [0.29, 0.717) is 0 Å². The molecule has 0 amide bonds. The van der Waals surface area contributed by atoms with Crippen LogP contribution in [0.5, 0.6) is 0 Å². The molecule has 0 aliphatic carbocycles. The molecular formula is C9H7ClO3. The van der Waals surface area contributed by atoms with E-state index >= 15 is 0 Å². The Morgan fingerprint density at radius 1 is 1.31 bits per heavy atom. The van der Waals surface area contributed by atoms with Crippen molar-refractivity contribution in [1.29, 1.82) is 0 Å². The molecule has 0 saturated heterocycles. The number of halogens is 1. The van der Waals surface area contributed by atoms with Crippen molar-refractivity contribution in [2.24, 2.45) is 0 Å². The minimum atomic E-state index is -0.909. The highest BCUT2D eigenvalue weighted by Crippen LogP contribution is 2.15. The predicted molar refractivity (Wildman–Crippen MR) is 47.8 cm³/mol. The van der Waals surface area contributed by atoms with Gasteiger partial charge in [0.2, 0.25) is 0 Å². The molecule has 68 valence electrons. The molecule has 0 aliphatic heterocycles. The van der Waals surface area contributed by atoms with Crippen LogP contribution in [0.15, 0.2) is 24.3 Å². The Kier molecular flexibility index (Phi) is 3.03. The van der Waals surface area contributed by atoms with Crippen molar-refractivity contribution in [3.05, 3.63) is 34.9 Å². The van der Waals surface area contributed by atoms with Crippen LogP contribution in [0.25, 0.3) is 0 Å². The van der Waals surface area contributed by atoms with Crippen molar-refractivity contribution in [3.63, 3.8) is 0 Å². The third-order valence-corrected chi connectivity index (χ3v) is 1.82. The van der Waals surface area contributed by atoms with Crippen LogP contribution in [0.4, 0.5) is 0 Å². The molecule has 0 unspecified atom stereocenters. The molecule has 0 saturated carbocycles. The molecule has 13 heavy (non-hydrogen) atoms. The molecule has 3 nitrogen and oxygen atoms in total. The molecule has 0 heterocycles. The monoisotopic (exact) mass is 198 g/mol. The number of ketones is 1. The number of benzene rings is 1. The lowest BCUT2D eigenvalue weighted by atomic mass is 10.1. The SMILES string of the molecule is COC(=O)C(=O)c1ccccc1Cl. The van der Waals surface area contributed by atoms with Gasteiger partial charge in [0.05, 0.1) is 12.1 Å². The quantitative estimate of drug-likeness (QED) is 0.413. The van der Waals surface area contributed by atoms with E-state index in [-0.39, 0.29) is 10.6 Å². The molecule has 0 aliphatic rings. The summed E-state index contributed by atoms with van der Waals surface area (Å²) in [6.45, 7) is 0. The fourth-order valence-electron chi connectivity index (χ4n) is 0.848. The maximum Gasteiger partial charge on any atom is 0.379 e. The number of hydrogen-bond donors (Lipinski definition) is 0. The van der Waals surface area contributed by atoms with Gasteiger partial charge in [-0.15, -0.1) is 0 Å². The third-order valence-electron chi connectivity index (χ3n) is 1.49. The molecule has 4 heteroatoms. The molecule has 1 rings (SSSR count). The van der Waals surface area contributed by atoms with Crippen molar-refractivity contribution in [3.8, 4) is 0 Å². The first-order chi connectivity index (χ1) is 6.16. The molecule has 0 spiro atoms. The fourth-order valence-corrected chi connectivity index (χ4v) is 1.07. The third kappa shape index (κ3) is 2.06. The largest absolute Gasteiger partial charge is 0.463 e. The lowest BCUT2D eigenvalue weighted by Crippen LogP contribution is -2.15. The fraction of sp³-hybridized carbons (Fsp3) is 0.111. The van der Waals surface area contributed by atoms with E-state index in [4.69, 9.17) is 11.6 Å². The number of rotatable bonds is 2. The molecular weight excluding hydrogens is 192 g/mol. The molecule has 0 aromatic heterocycles. The number of carbonyl (C=O) groups excluding carboxylic acids is 2. The standard InChI is InChI=1S/C9H7ClO3/c1-13-9(12)8(11)6-4-2-3-5-7(6)10/h2-5H,1H3. The van der Waals surface area contributed by atoms with Crippen LogP contribution in [0.2, 0.25) is 5.02 Å². The van der Waals surface area contributed by atoms with E-state index in [1.54, 1.807) is 12.1 Å². The summed E-state index contributed by atoms with van der Waals surface area (Å²) in [6.07, 6.45) is 0. The number of esters is 1. The molecule has 1 aromatic rings. The van der Waals surface area contributed by atoms with Gasteiger partial charge in [0.1, 0.15) is 0 Å². The van der Waals surface area contributed by atoms with Crippen molar-refractivity contribution < 1.29 is 14.3 Å². The molecule has 0 radical (unpaired) electrons. The van der Waals surface area contributed by atoms with Crippen LogP contribution in [0.3, 0.4) is 0 Å². The summed E-state index contributed by atoms with van der Waals surface area (Å²) in [6, 6.07) is 6.32. The van der Waals surface area contributed by atoms with E-state index in [1.807, 2.05) is 0 Å². The van der Waals surface area contributed by atoms with E-state index in [9.17, 15) is 9.59 Å². The van der Waals surface area contributed by atoms with E-state index in [1.165, 1.54) is 12.1 Å². The highest BCUT2D eigenvalue weighted by Gasteiger charge is 2.18. The van der Waals surface area contributed by atoms with Crippen molar-refractivity contribution in [1.82, 2.24) is 0 Å². The lowest BCUT2D eigenvalue weighted by Gasteiger charge is -2.00. The van der Waals surface area contributed by atoms with E-state index in [2.05, 4.69) is 4.74 Å². The van der Waals surface area contributed by atoms with Gasteiger partial charge in [0.15, 0.2) is 0 Å². The minimum Gasteiger partial charge on any atom is -0.463 e. The first-order valence-corrected chi connectivity index (χ1v) is 3.91. The van der Waals surface area contributed by atoms with Gasteiger partial charge in [0, 0.05) is 5.56 Å². The second-order valence-corrected chi connectivity index (χ2v) is 2.71. The van der Waals surface area contributed by atoms with Gasteiger partial charge in [-0.25, -0.2) is 4.79 Å². The zero-order chi connectivity index (χ0) is 9.84. The first-order valence-electron chi connectivity index (χ1n) is 3.54. The topological polar surface area (TPSA) is 43.4 Å². The summed E-state index contributed by atoms with van der Waals surface area (Å²) in [5, 5.41) is 0.248. The van der Waals surface area contributed by atoms with E-state index in [0.717, 1.165) is 7.11 Å². The minimum absolute atomic E-state index is 0.163. The Hall–Kier alpha value is -1.35. The highest BCUT2D eigenvalue weighted by atomic mass is 35.5. The Morgan fingerprint density at radius 2 is 1.92 bits per heavy atom. The summed E-state index contributed by atoms with van der Waals surface area (Å²) >= 11 is 5.69. The van der Waals surface area contributed by atoms with Gasteiger partial charge < -0.3 is 4.74 Å². The van der Waals surface area contributed by atoms with Crippen LogP contribution in [-0.4, -0.2) is 18.9 Å². The number of Topliss-reactive ketones (excluding diaryl/α,β-unsaturated/α-hetero) is 1. The van der Waals surface area contributed by atoms with Gasteiger partial charge >= 0.3 is 5.97 Å². The van der Waals surface area contributed by atoms with Crippen LogP contribution >= 0.6 is 11.6 Å². The van der Waals surface area contributed by atoms with Gasteiger partial charge in [0.25, 0.3) is 5.78 Å². The Labute approximate surface area is 80.3 Å². The zero-order valence-electron chi connectivity index (χ0n) is 6.91. The van der Waals surface area contributed by atoms with Crippen LogP contribution < -0.4 is 0 Å². The van der Waals surface area contributed by atoms with Gasteiger partial charge in [-0.1, -0.05) is 23.7 Å². The van der Waals surface area contributed by atoms with Crippen LogP contribution in [0.1, 0.15) is 10.4 Å². The molecule has 0 N–H and O–H groups in total. The average Bonchev–Trinajstić information content (AvgIpc) is 2.16. The summed E-state index contributed by atoms with van der Waals surface area (Å²) in [4.78, 5) is 22.1. The van der Waals surface area contributed by atoms with Crippen LogP contribution in [0, 0.1) is 0 Å². The second-order valence-electron chi connectivity index (χ2n) is 2.30. The van der Waals surface area contributed by atoms with Gasteiger partial charge in [-0.2, -0.15) is 0 Å². The van der Waals surface area contributed by atoms with Crippen LogP contribution in [-0.2, 0) is 9.53 Å². The maximum absolute atomic E-state index is 11.2. The maximum atomic E-state index is 11.2. The zero-order valence-corrected chi connectivity index (χ0v) is 7.67. The van der Waals surface area contributed by atoms with Gasteiger partial charge in [-0.05, 0) is 12.1 Å². The molecule has 0 atom stereocenters. The normalized spacial score (nSPS) is 9.38. The Bertz CT molecular complexity index is 346. The predicted octanol–water partition coefficient (Wildman–Crippen LogP) is 1.70. The number of hydrogen-bond acceptors (Lipinski definition) is 3. The Morgan fingerprint density at radius 3 is 2.46 bits per heavy atom. The summed E-state index contributed by atoms with van der Waals surface area (Å²) in [5.74, 6) is -1.64. The average molecular weight is 199 g/mol. The highest BCUT2D eigenvalue weighted by molar-refractivity contribution is 6.45. The van der Waals surface area contributed by atoms with Crippen molar-refractivity contribution >= 4 is 23.4 Å². The number of methoxy groups -OCH3 is 1. The van der Waals surface area contributed by atoms with E-state index < -0.39 is 11.8 Å². The van der Waals surface area contributed by atoms with Crippen molar-refractivity contribution in [2.75, 3.05) is 7.11 Å². The molecule has 0 bridgehead atoms. The number of ether oxygens (including phenoxy) is 1.